The average molecular weight is 386 g/mol. The third-order valence-electron chi connectivity index (χ3n) is 5.58. The van der Waals surface area contributed by atoms with Gasteiger partial charge in [0, 0.05) is 10.2 Å². The minimum absolute atomic E-state index is 0.0392. The van der Waals surface area contributed by atoms with Crippen LogP contribution in [0.15, 0.2) is 0 Å². The van der Waals surface area contributed by atoms with Gasteiger partial charge in [-0.05, 0) is 56.8 Å². The van der Waals surface area contributed by atoms with Gasteiger partial charge < -0.3 is 4.74 Å². The van der Waals surface area contributed by atoms with Crippen LogP contribution in [0.5, 0.6) is 0 Å². The fraction of sp³-hybridized carbons (Fsp3) is 1.00. The van der Waals surface area contributed by atoms with E-state index >= 15 is 0 Å². The largest absolute Gasteiger partial charge is 0.373 e. The molecule has 8 atom stereocenters. The minimum Gasteiger partial charge on any atom is -0.373 e. The van der Waals surface area contributed by atoms with Crippen LogP contribution in [0.4, 0.5) is 0 Å². The zero-order valence-electron chi connectivity index (χ0n) is 12.9. The van der Waals surface area contributed by atoms with E-state index in [9.17, 15) is 0 Å². The summed E-state index contributed by atoms with van der Waals surface area (Å²) in [5.74, 6) is 2.14. The summed E-state index contributed by atoms with van der Waals surface area (Å²) in [5.41, 5.74) is 0. The van der Waals surface area contributed by atoms with Crippen molar-refractivity contribution < 1.29 is 4.74 Å². The lowest BCUT2D eigenvalue weighted by Crippen LogP contribution is -2.49. The molecule has 0 bridgehead atoms. The molecule has 118 valence electrons. The number of ether oxygens (including phenoxy) is 1. The summed E-state index contributed by atoms with van der Waals surface area (Å²) in [5, 5.41) is 1.11. The lowest BCUT2D eigenvalue weighted by atomic mass is 9.68. The van der Waals surface area contributed by atoms with E-state index in [0.29, 0.717) is 23.9 Å². The molecular formula is C16H27BrCl2O. The van der Waals surface area contributed by atoms with Crippen molar-refractivity contribution in [3.8, 4) is 0 Å². The van der Waals surface area contributed by atoms with Crippen LogP contribution < -0.4 is 0 Å². The van der Waals surface area contributed by atoms with Gasteiger partial charge in [-0.2, -0.15) is 0 Å². The highest BCUT2D eigenvalue weighted by Gasteiger charge is 2.54. The van der Waals surface area contributed by atoms with E-state index in [1.807, 2.05) is 0 Å². The zero-order chi connectivity index (χ0) is 15.1. The average Bonchev–Trinajstić information content (AvgIpc) is 2.69. The van der Waals surface area contributed by atoms with Crippen molar-refractivity contribution in [2.24, 2.45) is 23.7 Å². The van der Waals surface area contributed by atoms with Gasteiger partial charge in [-0.3, -0.25) is 0 Å². The van der Waals surface area contributed by atoms with Crippen molar-refractivity contribution in [2.75, 3.05) is 5.33 Å². The van der Waals surface area contributed by atoms with Gasteiger partial charge in [-0.25, -0.2) is 0 Å². The Bertz CT molecular complexity index is 336. The Morgan fingerprint density at radius 2 is 2.05 bits per heavy atom. The molecule has 1 aliphatic heterocycles. The molecule has 0 spiro atoms. The minimum atomic E-state index is -0.194. The van der Waals surface area contributed by atoms with E-state index in [0.717, 1.165) is 17.7 Å². The third kappa shape index (κ3) is 3.34. The predicted molar refractivity (Wildman–Crippen MR) is 91.2 cm³/mol. The Morgan fingerprint density at radius 1 is 1.40 bits per heavy atom. The van der Waals surface area contributed by atoms with Gasteiger partial charge in [0.2, 0.25) is 0 Å². The molecule has 1 saturated carbocycles. The molecule has 2 aliphatic rings. The SMILES string of the molecule is CC(CBr)CCC1C(C)O[C@H]2C(Cl)C(C)C(C)(Cl)CC12. The predicted octanol–water partition coefficient (Wildman–Crippen LogP) is 5.46. The van der Waals surface area contributed by atoms with Crippen molar-refractivity contribution in [3.63, 3.8) is 0 Å². The fourth-order valence-electron chi connectivity index (χ4n) is 3.89. The monoisotopic (exact) mass is 384 g/mol. The van der Waals surface area contributed by atoms with Crippen LogP contribution in [-0.4, -0.2) is 27.8 Å². The van der Waals surface area contributed by atoms with Gasteiger partial charge in [0.1, 0.15) is 0 Å². The highest BCUT2D eigenvalue weighted by Crippen LogP contribution is 2.52. The highest BCUT2D eigenvalue weighted by molar-refractivity contribution is 9.09. The number of halogens is 3. The maximum absolute atomic E-state index is 6.74. The van der Waals surface area contributed by atoms with Crippen LogP contribution in [0.25, 0.3) is 0 Å². The van der Waals surface area contributed by atoms with Crippen molar-refractivity contribution in [3.05, 3.63) is 0 Å². The highest BCUT2D eigenvalue weighted by atomic mass is 79.9. The van der Waals surface area contributed by atoms with E-state index in [1.165, 1.54) is 12.8 Å². The summed E-state index contributed by atoms with van der Waals surface area (Å²) in [7, 11) is 0. The second kappa shape index (κ2) is 6.64. The van der Waals surface area contributed by atoms with Crippen LogP contribution in [0, 0.1) is 23.7 Å². The zero-order valence-corrected chi connectivity index (χ0v) is 16.0. The number of alkyl halides is 3. The first-order valence-corrected chi connectivity index (χ1v) is 9.76. The molecule has 0 radical (unpaired) electrons. The molecule has 1 saturated heterocycles. The summed E-state index contributed by atoms with van der Waals surface area (Å²) < 4.78 is 6.22. The summed E-state index contributed by atoms with van der Waals surface area (Å²) in [4.78, 5) is -0.194. The molecular weight excluding hydrogens is 359 g/mol. The van der Waals surface area contributed by atoms with E-state index in [-0.39, 0.29) is 16.4 Å². The van der Waals surface area contributed by atoms with Crippen molar-refractivity contribution in [1.29, 1.82) is 0 Å². The molecule has 7 unspecified atom stereocenters. The van der Waals surface area contributed by atoms with Crippen LogP contribution in [0.1, 0.15) is 47.0 Å². The van der Waals surface area contributed by atoms with Crippen molar-refractivity contribution >= 4 is 39.1 Å². The molecule has 2 rings (SSSR count). The van der Waals surface area contributed by atoms with Crippen LogP contribution in [-0.2, 0) is 4.74 Å². The molecule has 1 aliphatic carbocycles. The van der Waals surface area contributed by atoms with E-state index in [2.05, 4.69) is 43.6 Å². The molecule has 0 N–H and O–H groups in total. The van der Waals surface area contributed by atoms with Crippen molar-refractivity contribution in [1.82, 2.24) is 0 Å². The molecule has 1 heterocycles. The Hall–Kier alpha value is 1.02. The molecule has 2 fully saturated rings. The molecule has 0 aromatic heterocycles. The van der Waals surface area contributed by atoms with Gasteiger partial charge in [-0.1, -0.05) is 29.8 Å². The molecule has 1 nitrogen and oxygen atoms in total. The lowest BCUT2D eigenvalue weighted by Gasteiger charge is -2.44. The van der Waals surface area contributed by atoms with E-state index in [4.69, 9.17) is 27.9 Å². The normalized spacial score (nSPS) is 50.0. The number of fused-ring (bicyclic) bond motifs is 1. The Kier molecular flexibility index (Phi) is 5.77. The Morgan fingerprint density at radius 3 is 2.65 bits per heavy atom. The summed E-state index contributed by atoms with van der Waals surface area (Å²) in [6, 6.07) is 0. The lowest BCUT2D eigenvalue weighted by molar-refractivity contribution is 0.00944. The van der Waals surface area contributed by atoms with Crippen LogP contribution in [0.3, 0.4) is 0 Å². The van der Waals surface area contributed by atoms with Gasteiger partial charge in [0.05, 0.1) is 17.6 Å². The maximum atomic E-state index is 6.74. The molecule has 20 heavy (non-hydrogen) atoms. The van der Waals surface area contributed by atoms with Gasteiger partial charge in [0.15, 0.2) is 0 Å². The van der Waals surface area contributed by atoms with Crippen molar-refractivity contribution in [2.45, 2.75) is 69.4 Å². The Balaban J connectivity index is 2.08. The summed E-state index contributed by atoms with van der Waals surface area (Å²) in [6.07, 6.45) is 4.00. The first-order chi connectivity index (χ1) is 9.27. The fourth-order valence-corrected chi connectivity index (χ4v) is 5.11. The number of rotatable bonds is 4. The smallest absolute Gasteiger partial charge is 0.0777 e. The molecule has 0 aromatic rings. The quantitative estimate of drug-likeness (QED) is 0.583. The third-order valence-corrected chi connectivity index (χ3v) is 7.81. The first kappa shape index (κ1) is 17.4. The molecule has 0 aromatic carbocycles. The van der Waals surface area contributed by atoms with Gasteiger partial charge in [0.25, 0.3) is 0 Å². The summed E-state index contributed by atoms with van der Waals surface area (Å²) >= 11 is 17.0. The number of hydrogen-bond donors (Lipinski definition) is 0. The number of hydrogen-bond acceptors (Lipinski definition) is 1. The molecule has 4 heteroatoms. The first-order valence-electron chi connectivity index (χ1n) is 7.82. The van der Waals surface area contributed by atoms with Crippen LogP contribution in [0.2, 0.25) is 0 Å². The van der Waals surface area contributed by atoms with Gasteiger partial charge >= 0.3 is 0 Å². The van der Waals surface area contributed by atoms with Crippen LogP contribution >= 0.6 is 39.1 Å². The van der Waals surface area contributed by atoms with E-state index < -0.39 is 0 Å². The molecule has 0 amide bonds. The Labute approximate surface area is 142 Å². The summed E-state index contributed by atoms with van der Waals surface area (Å²) in [6.45, 7) is 8.81. The second-order valence-corrected chi connectivity index (χ2v) is 9.20. The van der Waals surface area contributed by atoms with E-state index in [1.54, 1.807) is 0 Å². The second-order valence-electron chi connectivity index (χ2n) is 7.19. The maximum Gasteiger partial charge on any atom is 0.0777 e. The standard InChI is InChI=1S/C16H27BrCl2O/c1-9(8-17)5-6-12-11(3)20-15-13(12)7-16(4,19)10(2)14(15)18/h9-15H,5-8H2,1-4H3/t9?,10?,11?,12?,13?,14?,15-,16?/m1/s1. The van der Waals surface area contributed by atoms with Gasteiger partial charge in [-0.15, -0.1) is 23.2 Å². The topological polar surface area (TPSA) is 9.23 Å².